The molecular weight excluding hydrogens is 502 g/mol. The van der Waals surface area contributed by atoms with E-state index >= 15 is 0 Å². The fourth-order valence-electron chi connectivity index (χ4n) is 4.94. The number of hydrogen-bond acceptors (Lipinski definition) is 8. The summed E-state index contributed by atoms with van der Waals surface area (Å²) in [7, 11) is 2.04. The summed E-state index contributed by atoms with van der Waals surface area (Å²) in [6.45, 7) is 4.35. The molecule has 198 valence electrons. The van der Waals surface area contributed by atoms with Crippen LogP contribution in [-0.4, -0.2) is 50.9 Å². The van der Waals surface area contributed by atoms with Crippen LogP contribution < -0.4 is 16.8 Å². The Hall–Kier alpha value is -3.80. The Kier molecular flexibility index (Phi) is 7.15. The van der Waals surface area contributed by atoms with Gasteiger partial charge >= 0.3 is 0 Å². The number of hydrogen-bond donors (Lipinski definition) is 4. The molecule has 0 spiro atoms. The number of fused-ring (bicyclic) bond motifs is 2. The fraction of sp³-hybridized carbons (Fsp3) is 0.333. The van der Waals surface area contributed by atoms with Crippen LogP contribution >= 0.6 is 11.3 Å². The minimum Gasteiger partial charge on any atom is -0.398 e. The molecule has 0 radical (unpaired) electrons. The van der Waals surface area contributed by atoms with E-state index in [1.807, 2.05) is 36.9 Å². The zero-order valence-electron chi connectivity index (χ0n) is 21.4. The number of aromatic nitrogens is 2. The highest BCUT2D eigenvalue weighted by Gasteiger charge is 2.25. The van der Waals surface area contributed by atoms with E-state index in [1.54, 1.807) is 12.1 Å². The number of primary amides is 1. The van der Waals surface area contributed by atoms with Gasteiger partial charge in [-0.15, -0.1) is 11.3 Å². The number of likely N-dealkylation sites (N-methyl/N-ethyl adjacent to an activating group) is 1. The zero-order chi connectivity index (χ0) is 27.0. The van der Waals surface area contributed by atoms with E-state index in [-0.39, 0.29) is 11.6 Å². The van der Waals surface area contributed by atoms with Gasteiger partial charge in [0, 0.05) is 41.0 Å². The molecule has 5 rings (SSSR count). The SMILES string of the molecule is CCc1c(NC(=O)c2cc3c(s2)CCC3O)cccc1C(N)=CC(=Nc1cc2n(n1)CCN(C)C2)C(N)=O. The number of carbonyl (C=O) groups excluding carboxylic acids is 2. The first-order valence-electron chi connectivity index (χ1n) is 12.6. The predicted octanol–water partition coefficient (Wildman–Crippen LogP) is 2.74. The molecule has 0 saturated carbocycles. The average molecular weight is 534 g/mol. The zero-order valence-corrected chi connectivity index (χ0v) is 22.2. The van der Waals surface area contributed by atoms with Crippen LogP contribution in [0.25, 0.3) is 5.70 Å². The minimum absolute atomic E-state index is 0.00514. The smallest absolute Gasteiger partial charge is 0.267 e. The van der Waals surface area contributed by atoms with E-state index in [0.717, 1.165) is 47.8 Å². The Morgan fingerprint density at radius 1 is 1.29 bits per heavy atom. The Bertz CT molecular complexity index is 1470. The van der Waals surface area contributed by atoms with Crippen LogP contribution in [0.4, 0.5) is 11.5 Å². The summed E-state index contributed by atoms with van der Waals surface area (Å²) in [6.07, 6.45) is 3.03. The van der Waals surface area contributed by atoms with Gasteiger partial charge in [-0.25, -0.2) is 4.99 Å². The van der Waals surface area contributed by atoms with Gasteiger partial charge in [0.1, 0.15) is 5.71 Å². The summed E-state index contributed by atoms with van der Waals surface area (Å²) >= 11 is 1.41. The third kappa shape index (κ3) is 5.13. The largest absolute Gasteiger partial charge is 0.398 e. The highest BCUT2D eigenvalue weighted by molar-refractivity contribution is 7.14. The van der Waals surface area contributed by atoms with Crippen molar-refractivity contribution < 1.29 is 14.7 Å². The van der Waals surface area contributed by atoms with Crippen molar-refractivity contribution in [3.63, 3.8) is 0 Å². The van der Waals surface area contributed by atoms with Crippen LogP contribution in [0.1, 0.15) is 56.4 Å². The van der Waals surface area contributed by atoms with E-state index in [4.69, 9.17) is 11.5 Å². The number of rotatable bonds is 7. The van der Waals surface area contributed by atoms with Gasteiger partial charge in [-0.1, -0.05) is 19.1 Å². The van der Waals surface area contributed by atoms with Crippen molar-refractivity contribution in [2.45, 2.75) is 45.4 Å². The number of nitrogens with one attached hydrogen (secondary N) is 1. The average Bonchev–Trinajstić information content (AvgIpc) is 3.58. The highest BCUT2D eigenvalue weighted by Crippen LogP contribution is 2.37. The Morgan fingerprint density at radius 3 is 2.84 bits per heavy atom. The van der Waals surface area contributed by atoms with Crippen molar-refractivity contribution in [2.75, 3.05) is 18.9 Å². The van der Waals surface area contributed by atoms with Crippen molar-refractivity contribution in [3.8, 4) is 0 Å². The van der Waals surface area contributed by atoms with E-state index in [0.29, 0.717) is 40.5 Å². The molecule has 1 aromatic carbocycles. The number of anilines is 1. The van der Waals surface area contributed by atoms with Gasteiger partial charge in [-0.3, -0.25) is 19.2 Å². The number of thiophene rings is 1. The number of aliphatic imine (C=N–C) groups is 1. The Labute approximate surface area is 224 Å². The first-order chi connectivity index (χ1) is 18.2. The second-order valence-corrected chi connectivity index (χ2v) is 10.7. The molecule has 6 N–H and O–H groups in total. The molecule has 1 atom stereocenters. The number of aliphatic hydroxyl groups excluding tert-OH is 1. The second-order valence-electron chi connectivity index (χ2n) is 9.60. The summed E-state index contributed by atoms with van der Waals surface area (Å²) < 4.78 is 1.88. The van der Waals surface area contributed by atoms with Crippen molar-refractivity contribution in [2.24, 2.45) is 16.5 Å². The summed E-state index contributed by atoms with van der Waals surface area (Å²) in [5.74, 6) is -0.552. The normalized spacial score (nSPS) is 17.8. The lowest BCUT2D eigenvalue weighted by atomic mass is 9.99. The van der Waals surface area contributed by atoms with Gasteiger partial charge in [0.05, 0.1) is 23.2 Å². The van der Waals surface area contributed by atoms with Crippen molar-refractivity contribution in [1.29, 1.82) is 0 Å². The van der Waals surface area contributed by atoms with Crippen LogP contribution in [0.3, 0.4) is 0 Å². The van der Waals surface area contributed by atoms with E-state index in [1.165, 1.54) is 17.4 Å². The van der Waals surface area contributed by atoms with E-state index < -0.39 is 12.0 Å². The number of nitrogens with two attached hydrogens (primary N) is 2. The predicted molar refractivity (Wildman–Crippen MR) is 148 cm³/mol. The molecule has 1 aliphatic heterocycles. The van der Waals surface area contributed by atoms with Crippen LogP contribution in [-0.2, 0) is 30.7 Å². The third-order valence-electron chi connectivity index (χ3n) is 6.91. The molecule has 0 saturated heterocycles. The molecule has 1 unspecified atom stereocenters. The number of aliphatic hydroxyl groups is 1. The van der Waals surface area contributed by atoms with Crippen LogP contribution in [0.15, 0.2) is 41.4 Å². The van der Waals surface area contributed by atoms with Crippen molar-refractivity contribution >= 4 is 46.1 Å². The molecule has 2 aliphatic rings. The lowest BCUT2D eigenvalue weighted by molar-refractivity contribution is -0.111. The van der Waals surface area contributed by atoms with E-state index in [9.17, 15) is 14.7 Å². The number of amides is 2. The van der Waals surface area contributed by atoms with Crippen molar-refractivity contribution in [1.82, 2.24) is 14.7 Å². The third-order valence-corrected chi connectivity index (χ3v) is 8.12. The molecule has 11 heteroatoms. The van der Waals surface area contributed by atoms with Crippen LogP contribution in [0, 0.1) is 0 Å². The lowest BCUT2D eigenvalue weighted by Gasteiger charge is -2.22. The number of nitrogens with zero attached hydrogens (tertiary/aromatic N) is 4. The van der Waals surface area contributed by atoms with Gasteiger partial charge in [-0.2, -0.15) is 5.10 Å². The van der Waals surface area contributed by atoms with Gasteiger partial charge in [-0.05, 0) is 55.6 Å². The second kappa shape index (κ2) is 10.5. The first-order valence-corrected chi connectivity index (χ1v) is 13.4. The molecule has 2 aromatic heterocycles. The molecule has 3 heterocycles. The highest BCUT2D eigenvalue weighted by atomic mass is 32.1. The molecule has 38 heavy (non-hydrogen) atoms. The van der Waals surface area contributed by atoms with Crippen LogP contribution in [0.5, 0.6) is 0 Å². The van der Waals surface area contributed by atoms with Crippen molar-refractivity contribution in [3.05, 3.63) is 68.5 Å². The molecule has 0 fully saturated rings. The Morgan fingerprint density at radius 2 is 2.11 bits per heavy atom. The van der Waals surface area contributed by atoms with Crippen LogP contribution in [0.2, 0.25) is 0 Å². The monoisotopic (exact) mass is 533 g/mol. The maximum absolute atomic E-state index is 13.0. The van der Waals surface area contributed by atoms with Gasteiger partial charge in [0.2, 0.25) is 0 Å². The first kappa shape index (κ1) is 25.8. The van der Waals surface area contributed by atoms with E-state index in [2.05, 4.69) is 20.3 Å². The molecule has 2 amide bonds. The number of aryl methyl sites for hydroxylation is 1. The molecule has 0 bridgehead atoms. The summed E-state index contributed by atoms with van der Waals surface area (Å²) in [5, 5.41) is 17.6. The van der Waals surface area contributed by atoms with Gasteiger partial charge in [0.15, 0.2) is 5.82 Å². The molecule has 1 aliphatic carbocycles. The standard InChI is InChI=1S/C27H31N7O3S/c1-3-16-17(5-4-6-20(16)31-27(37)24-12-18-22(35)7-8-23(18)38-24)19(28)13-21(26(29)36)30-25-11-15-14-33(2)9-10-34(15)32-25/h4-6,11-13,22,35H,3,7-10,14,28H2,1-2H3,(H2,29,36)(H,31,37). The fourth-order valence-corrected chi connectivity index (χ4v) is 6.07. The number of benzene rings is 1. The summed E-state index contributed by atoms with van der Waals surface area (Å²) in [4.78, 5) is 33.5. The number of carbonyl (C=O) groups is 2. The maximum atomic E-state index is 13.0. The molecular formula is C27H31N7O3S. The lowest BCUT2D eigenvalue weighted by Crippen LogP contribution is -2.30. The van der Waals surface area contributed by atoms with Gasteiger partial charge in [0.25, 0.3) is 11.8 Å². The topological polar surface area (TPSA) is 152 Å². The van der Waals surface area contributed by atoms with Gasteiger partial charge < -0.3 is 21.9 Å². The molecule has 10 nitrogen and oxygen atoms in total. The maximum Gasteiger partial charge on any atom is 0.267 e. The summed E-state index contributed by atoms with van der Waals surface area (Å²) in [6, 6.07) is 9.07. The Balaban J connectivity index is 1.41. The minimum atomic E-state index is -0.716. The quantitative estimate of drug-likeness (QED) is 0.343. The molecule has 3 aromatic rings. The summed E-state index contributed by atoms with van der Waals surface area (Å²) in [5.41, 5.74) is 16.4.